The summed E-state index contributed by atoms with van der Waals surface area (Å²) >= 11 is 0. The third kappa shape index (κ3) is 3.55. The van der Waals surface area contributed by atoms with Crippen molar-refractivity contribution in [3.8, 4) is 11.8 Å². The van der Waals surface area contributed by atoms with Gasteiger partial charge in [0.25, 0.3) is 5.91 Å². The second-order valence-electron chi connectivity index (χ2n) is 4.94. The largest absolute Gasteiger partial charge is 0.337 e. The van der Waals surface area contributed by atoms with E-state index in [1.54, 1.807) is 12.3 Å². The maximum atomic E-state index is 12.3. The number of pyridine rings is 1. The number of hydrogen-bond acceptors (Lipinski definition) is 3. The number of amides is 1. The van der Waals surface area contributed by atoms with Crippen molar-refractivity contribution in [3.63, 3.8) is 0 Å². The molecule has 0 bridgehead atoms. The van der Waals surface area contributed by atoms with Crippen molar-refractivity contribution in [2.45, 2.75) is 19.8 Å². The van der Waals surface area contributed by atoms with E-state index in [-0.39, 0.29) is 5.91 Å². The molecule has 2 heterocycles. The second-order valence-corrected chi connectivity index (χ2v) is 4.94. The van der Waals surface area contributed by atoms with Crippen LogP contribution in [0, 0.1) is 17.8 Å². The molecule has 4 heteroatoms. The third-order valence-corrected chi connectivity index (χ3v) is 3.26. The van der Waals surface area contributed by atoms with Gasteiger partial charge in [-0.2, -0.15) is 0 Å². The number of rotatable bonds is 1. The molecule has 4 nitrogen and oxygen atoms in total. The van der Waals surface area contributed by atoms with E-state index in [0.29, 0.717) is 18.2 Å². The van der Waals surface area contributed by atoms with Crippen molar-refractivity contribution in [2.75, 3.05) is 19.6 Å². The molecule has 1 fully saturated rings. The Kier molecular flexibility index (Phi) is 4.53. The van der Waals surface area contributed by atoms with Crippen molar-refractivity contribution in [3.05, 3.63) is 29.6 Å². The van der Waals surface area contributed by atoms with Gasteiger partial charge in [0.05, 0.1) is 6.54 Å². The van der Waals surface area contributed by atoms with Gasteiger partial charge in [-0.15, -0.1) is 0 Å². The van der Waals surface area contributed by atoms with E-state index in [1.807, 2.05) is 11.0 Å². The van der Waals surface area contributed by atoms with Crippen LogP contribution >= 0.6 is 0 Å². The van der Waals surface area contributed by atoms with E-state index in [9.17, 15) is 4.79 Å². The van der Waals surface area contributed by atoms with E-state index in [1.165, 1.54) is 6.42 Å². The van der Waals surface area contributed by atoms with Gasteiger partial charge < -0.3 is 10.6 Å². The standard InChI is InChI=1S/C15H19N3O/c1-12-4-3-9-18(11-12)15(19)14-7-6-13(10-17-14)5-2-8-16/h6-7,10,12H,3-4,8-9,11,16H2,1H3. The van der Waals surface area contributed by atoms with Crippen LogP contribution in [0.5, 0.6) is 0 Å². The zero-order valence-corrected chi connectivity index (χ0v) is 11.2. The summed E-state index contributed by atoms with van der Waals surface area (Å²) in [6.45, 7) is 4.17. The van der Waals surface area contributed by atoms with Crippen LogP contribution in [0.4, 0.5) is 0 Å². The lowest BCUT2D eigenvalue weighted by Crippen LogP contribution is -2.39. The van der Waals surface area contributed by atoms with Gasteiger partial charge in [0, 0.05) is 24.8 Å². The van der Waals surface area contributed by atoms with Crippen LogP contribution < -0.4 is 5.73 Å². The zero-order chi connectivity index (χ0) is 13.7. The SMILES string of the molecule is CC1CCCN(C(=O)c2ccc(C#CCN)cn2)C1. The molecular weight excluding hydrogens is 238 g/mol. The Balaban J connectivity index is 2.07. The van der Waals surface area contributed by atoms with Gasteiger partial charge in [-0.25, -0.2) is 4.98 Å². The van der Waals surface area contributed by atoms with E-state index >= 15 is 0 Å². The lowest BCUT2D eigenvalue weighted by molar-refractivity contribution is 0.0677. The van der Waals surface area contributed by atoms with Crippen LogP contribution in [0.3, 0.4) is 0 Å². The molecule has 1 aromatic heterocycles. The first kappa shape index (κ1) is 13.6. The highest BCUT2D eigenvalue weighted by Crippen LogP contribution is 2.17. The highest BCUT2D eigenvalue weighted by atomic mass is 16.2. The minimum atomic E-state index is 0.0184. The molecule has 1 unspecified atom stereocenters. The molecule has 0 radical (unpaired) electrons. The molecule has 19 heavy (non-hydrogen) atoms. The summed E-state index contributed by atoms with van der Waals surface area (Å²) in [6.07, 6.45) is 3.90. The van der Waals surface area contributed by atoms with Gasteiger partial charge in [-0.3, -0.25) is 4.79 Å². The van der Waals surface area contributed by atoms with E-state index in [0.717, 1.165) is 25.1 Å². The lowest BCUT2D eigenvalue weighted by Gasteiger charge is -2.30. The fraction of sp³-hybridized carbons (Fsp3) is 0.467. The van der Waals surface area contributed by atoms with Crippen LogP contribution in [0.15, 0.2) is 18.3 Å². The monoisotopic (exact) mass is 257 g/mol. The summed E-state index contributed by atoms with van der Waals surface area (Å²) in [5.74, 6) is 6.25. The number of nitrogens with zero attached hydrogens (tertiary/aromatic N) is 2. The molecule has 1 aromatic rings. The first-order valence-corrected chi connectivity index (χ1v) is 6.65. The summed E-state index contributed by atoms with van der Waals surface area (Å²) in [6, 6.07) is 3.55. The summed E-state index contributed by atoms with van der Waals surface area (Å²) < 4.78 is 0. The van der Waals surface area contributed by atoms with Gasteiger partial charge in [0.1, 0.15) is 5.69 Å². The zero-order valence-electron chi connectivity index (χ0n) is 11.2. The maximum Gasteiger partial charge on any atom is 0.272 e. The topological polar surface area (TPSA) is 59.2 Å². The van der Waals surface area contributed by atoms with Gasteiger partial charge >= 0.3 is 0 Å². The molecule has 0 aromatic carbocycles. The Hall–Kier alpha value is -1.86. The molecule has 0 aliphatic carbocycles. The third-order valence-electron chi connectivity index (χ3n) is 3.26. The summed E-state index contributed by atoms with van der Waals surface area (Å²) in [7, 11) is 0. The first-order valence-electron chi connectivity index (χ1n) is 6.65. The Bertz CT molecular complexity index is 498. The number of likely N-dealkylation sites (tertiary alicyclic amines) is 1. The van der Waals surface area contributed by atoms with Gasteiger partial charge in [0.15, 0.2) is 0 Å². The number of hydrogen-bond donors (Lipinski definition) is 1. The van der Waals surface area contributed by atoms with Crippen LogP contribution in [-0.4, -0.2) is 35.4 Å². The first-order chi connectivity index (χ1) is 9.20. The molecular formula is C15H19N3O. The van der Waals surface area contributed by atoms with Crippen LogP contribution in [0.25, 0.3) is 0 Å². The molecule has 2 N–H and O–H groups in total. The molecule has 1 amide bonds. The Morgan fingerprint density at radius 1 is 1.58 bits per heavy atom. The number of carbonyl (C=O) groups excluding carboxylic acids is 1. The number of carbonyl (C=O) groups is 1. The van der Waals surface area contributed by atoms with Crippen LogP contribution in [0.1, 0.15) is 35.8 Å². The average Bonchev–Trinajstić information content (AvgIpc) is 2.45. The van der Waals surface area contributed by atoms with Crippen molar-refractivity contribution in [2.24, 2.45) is 11.7 Å². The van der Waals surface area contributed by atoms with Crippen molar-refractivity contribution in [1.82, 2.24) is 9.88 Å². The van der Waals surface area contributed by atoms with Crippen LogP contribution in [0.2, 0.25) is 0 Å². The second kappa shape index (κ2) is 6.35. The van der Waals surface area contributed by atoms with Gasteiger partial charge in [-0.1, -0.05) is 18.8 Å². The molecule has 1 atom stereocenters. The van der Waals surface area contributed by atoms with E-state index < -0.39 is 0 Å². The summed E-state index contributed by atoms with van der Waals surface area (Å²) in [5.41, 5.74) is 6.59. The molecule has 0 spiro atoms. The molecule has 0 saturated carbocycles. The van der Waals surface area contributed by atoms with E-state index in [2.05, 4.69) is 23.7 Å². The van der Waals surface area contributed by atoms with Crippen molar-refractivity contribution >= 4 is 5.91 Å². The van der Waals surface area contributed by atoms with Crippen LogP contribution in [-0.2, 0) is 0 Å². The Morgan fingerprint density at radius 2 is 2.42 bits per heavy atom. The summed E-state index contributed by atoms with van der Waals surface area (Å²) in [5, 5.41) is 0. The van der Waals surface area contributed by atoms with Gasteiger partial charge in [0.2, 0.25) is 0 Å². The predicted molar refractivity (Wildman–Crippen MR) is 74.5 cm³/mol. The predicted octanol–water partition coefficient (Wildman–Crippen LogP) is 1.26. The number of piperidine rings is 1. The Morgan fingerprint density at radius 3 is 3.05 bits per heavy atom. The maximum absolute atomic E-state index is 12.3. The number of aromatic nitrogens is 1. The number of nitrogens with two attached hydrogens (primary N) is 1. The normalized spacial score (nSPS) is 18.6. The Labute approximate surface area is 114 Å². The fourth-order valence-electron chi connectivity index (χ4n) is 2.28. The minimum absolute atomic E-state index is 0.0184. The molecule has 1 aliphatic heterocycles. The van der Waals surface area contributed by atoms with Crippen molar-refractivity contribution < 1.29 is 4.79 Å². The molecule has 1 saturated heterocycles. The molecule has 2 rings (SSSR count). The van der Waals surface area contributed by atoms with Gasteiger partial charge in [-0.05, 0) is 30.9 Å². The van der Waals surface area contributed by atoms with E-state index in [4.69, 9.17) is 5.73 Å². The minimum Gasteiger partial charge on any atom is -0.337 e. The fourth-order valence-corrected chi connectivity index (χ4v) is 2.28. The average molecular weight is 257 g/mol. The highest BCUT2D eigenvalue weighted by Gasteiger charge is 2.22. The molecule has 100 valence electrons. The lowest BCUT2D eigenvalue weighted by atomic mass is 10.00. The molecule has 1 aliphatic rings. The smallest absolute Gasteiger partial charge is 0.272 e. The van der Waals surface area contributed by atoms with Crippen molar-refractivity contribution in [1.29, 1.82) is 0 Å². The highest BCUT2D eigenvalue weighted by molar-refractivity contribution is 5.92. The summed E-state index contributed by atoms with van der Waals surface area (Å²) in [4.78, 5) is 18.4. The quantitative estimate of drug-likeness (QED) is 0.771.